The van der Waals surface area contributed by atoms with Crippen LogP contribution in [0.15, 0.2) is 34.7 Å². The zero-order valence-electron chi connectivity index (χ0n) is 17.2. The maximum atomic E-state index is 14.9. The van der Waals surface area contributed by atoms with Crippen molar-refractivity contribution in [2.45, 2.75) is 45.4 Å². The number of methoxy groups -OCH3 is 1. The fraction of sp³-hybridized carbons (Fsp3) is 0.400. The molecule has 0 aliphatic carbocycles. The highest BCUT2D eigenvalue weighted by atomic mass is 35.5. The predicted octanol–water partition coefficient (Wildman–Crippen LogP) is 5.10. The number of ether oxygens (including phenoxy) is 2. The molecule has 1 aliphatic heterocycles. The quantitative estimate of drug-likeness (QED) is 0.464. The van der Waals surface area contributed by atoms with Gasteiger partial charge in [0, 0.05) is 11.3 Å². The van der Waals surface area contributed by atoms with Crippen LogP contribution < -0.4 is 5.32 Å². The number of esters is 2. The second kappa shape index (κ2) is 9.43. The molecule has 0 bridgehead atoms. The van der Waals surface area contributed by atoms with Crippen molar-refractivity contribution >= 4 is 23.5 Å². The van der Waals surface area contributed by atoms with Gasteiger partial charge in [0.05, 0.1) is 46.6 Å². The molecule has 176 valence electrons. The minimum atomic E-state index is -5.26. The summed E-state index contributed by atoms with van der Waals surface area (Å²) in [5.41, 5.74) is -6.22. The molecule has 0 fully saturated rings. The summed E-state index contributed by atoms with van der Waals surface area (Å²) in [4.78, 5) is 25.2. The van der Waals surface area contributed by atoms with Gasteiger partial charge in [-0.1, -0.05) is 11.6 Å². The van der Waals surface area contributed by atoms with E-state index in [9.17, 15) is 35.9 Å². The maximum absolute atomic E-state index is 14.9. The van der Waals surface area contributed by atoms with Crippen molar-refractivity contribution in [3.8, 4) is 0 Å². The molecule has 1 N–H and O–H groups in total. The third-order valence-electron chi connectivity index (χ3n) is 4.49. The Hall–Kier alpha value is -2.69. The van der Waals surface area contributed by atoms with Gasteiger partial charge >= 0.3 is 18.1 Å². The van der Waals surface area contributed by atoms with Crippen molar-refractivity contribution in [1.82, 2.24) is 5.32 Å². The van der Waals surface area contributed by atoms with E-state index in [0.29, 0.717) is 12.1 Å². The van der Waals surface area contributed by atoms with Crippen LogP contribution in [0.5, 0.6) is 0 Å². The number of alkyl halides is 5. The Kier molecular flexibility index (Phi) is 7.54. The Morgan fingerprint density at radius 1 is 1.12 bits per heavy atom. The van der Waals surface area contributed by atoms with Gasteiger partial charge in [0.1, 0.15) is 5.82 Å². The minimum absolute atomic E-state index is 0.351. The molecule has 2 rings (SSSR count). The predicted molar refractivity (Wildman–Crippen MR) is 101 cm³/mol. The fourth-order valence-corrected chi connectivity index (χ4v) is 3.61. The topological polar surface area (TPSA) is 64.6 Å². The Morgan fingerprint density at radius 2 is 1.72 bits per heavy atom. The average Bonchev–Trinajstić information content (AvgIpc) is 2.66. The number of allylic oxidation sites excluding steroid dienone is 2. The molecule has 1 aromatic carbocycles. The van der Waals surface area contributed by atoms with Gasteiger partial charge in [-0.25, -0.2) is 22.8 Å². The first-order valence-electron chi connectivity index (χ1n) is 9.06. The number of dihydropyridines is 1. The summed E-state index contributed by atoms with van der Waals surface area (Å²) in [5.74, 6) is -6.49. The lowest BCUT2D eigenvalue weighted by Crippen LogP contribution is -2.37. The molecule has 32 heavy (non-hydrogen) atoms. The van der Waals surface area contributed by atoms with Gasteiger partial charge in [0.25, 0.3) is 6.43 Å². The highest BCUT2D eigenvalue weighted by Crippen LogP contribution is 2.48. The van der Waals surface area contributed by atoms with Crippen molar-refractivity contribution in [3.05, 3.63) is 56.6 Å². The number of carbonyl (C=O) groups is 2. The second-order valence-corrected chi connectivity index (χ2v) is 7.39. The van der Waals surface area contributed by atoms with Crippen molar-refractivity contribution < 1.29 is 45.4 Å². The highest BCUT2D eigenvalue weighted by molar-refractivity contribution is 6.31. The van der Waals surface area contributed by atoms with E-state index in [2.05, 4.69) is 10.1 Å². The molecule has 0 radical (unpaired) electrons. The number of benzene rings is 1. The van der Waals surface area contributed by atoms with Gasteiger partial charge in [-0.2, -0.15) is 13.2 Å². The third-order valence-corrected chi connectivity index (χ3v) is 4.81. The van der Waals surface area contributed by atoms with Crippen LogP contribution in [0.25, 0.3) is 0 Å². The first-order valence-corrected chi connectivity index (χ1v) is 9.44. The number of nitrogens with one attached hydrogen (secondary N) is 1. The number of rotatable bonds is 5. The average molecular weight is 486 g/mol. The summed E-state index contributed by atoms with van der Waals surface area (Å²) in [6.45, 7) is 3.97. The van der Waals surface area contributed by atoms with Crippen LogP contribution in [0.4, 0.5) is 26.3 Å². The monoisotopic (exact) mass is 485 g/mol. The van der Waals surface area contributed by atoms with Gasteiger partial charge in [-0.05, 0) is 32.9 Å². The molecule has 0 spiro atoms. The number of carbonyl (C=O) groups excluding carboxylic acids is 2. The molecule has 1 aromatic rings. The van der Waals surface area contributed by atoms with Gasteiger partial charge in [-0.15, -0.1) is 0 Å². The molecule has 0 amide bonds. The van der Waals surface area contributed by atoms with Crippen molar-refractivity contribution in [3.63, 3.8) is 0 Å². The van der Waals surface area contributed by atoms with Crippen molar-refractivity contribution in [2.24, 2.45) is 0 Å². The fourth-order valence-electron chi connectivity index (χ4n) is 3.34. The van der Waals surface area contributed by atoms with E-state index in [1.54, 1.807) is 0 Å². The molecule has 12 heteroatoms. The molecule has 0 aromatic heterocycles. The molecule has 1 unspecified atom stereocenters. The molecule has 1 aliphatic rings. The van der Waals surface area contributed by atoms with Crippen LogP contribution >= 0.6 is 11.6 Å². The van der Waals surface area contributed by atoms with Crippen LogP contribution in [0.1, 0.15) is 37.8 Å². The van der Waals surface area contributed by atoms with Gasteiger partial charge in [-0.3, -0.25) is 0 Å². The zero-order chi connectivity index (χ0) is 24.5. The standard InChI is InChI=1S/C20H18ClF6NO4/c1-7(2)32-19(30)11-8(3)28-16(17(23)24)14(18(29)31-4)13(11)12-10(22)6-5-9(21)15(12)20(25,26)27/h5-7,13,17,28H,1-4H3. The summed E-state index contributed by atoms with van der Waals surface area (Å²) in [6.07, 6.45) is -9.43. The van der Waals surface area contributed by atoms with E-state index in [1.807, 2.05) is 0 Å². The lowest BCUT2D eigenvalue weighted by Gasteiger charge is -2.33. The van der Waals surface area contributed by atoms with Gasteiger partial charge in [0.15, 0.2) is 0 Å². The Morgan fingerprint density at radius 3 is 2.19 bits per heavy atom. The highest BCUT2D eigenvalue weighted by Gasteiger charge is 2.47. The first-order chi connectivity index (χ1) is 14.7. The number of halogens is 7. The largest absolute Gasteiger partial charge is 0.466 e. The van der Waals surface area contributed by atoms with Gasteiger partial charge in [0.2, 0.25) is 0 Å². The smallest absolute Gasteiger partial charge is 0.418 e. The van der Waals surface area contributed by atoms with E-state index >= 15 is 0 Å². The minimum Gasteiger partial charge on any atom is -0.466 e. The van der Waals surface area contributed by atoms with Crippen LogP contribution in [0.3, 0.4) is 0 Å². The van der Waals surface area contributed by atoms with E-state index < -0.39 is 75.4 Å². The number of hydrogen-bond acceptors (Lipinski definition) is 5. The number of hydrogen-bond donors (Lipinski definition) is 1. The van der Waals surface area contributed by atoms with Crippen molar-refractivity contribution in [2.75, 3.05) is 7.11 Å². The van der Waals surface area contributed by atoms with Gasteiger partial charge < -0.3 is 14.8 Å². The Bertz CT molecular complexity index is 1000. The van der Waals surface area contributed by atoms with E-state index in [-0.39, 0.29) is 5.70 Å². The third kappa shape index (κ3) is 4.87. The summed E-state index contributed by atoms with van der Waals surface area (Å²) < 4.78 is 93.6. The lowest BCUT2D eigenvalue weighted by molar-refractivity contribution is -0.144. The maximum Gasteiger partial charge on any atom is 0.418 e. The van der Waals surface area contributed by atoms with E-state index in [1.165, 1.54) is 13.8 Å². The molecular formula is C20H18ClF6NO4. The normalized spacial score (nSPS) is 17.1. The summed E-state index contributed by atoms with van der Waals surface area (Å²) in [5, 5.41) is 1.19. The lowest BCUT2D eigenvalue weighted by atomic mass is 9.78. The molecule has 1 atom stereocenters. The summed E-state index contributed by atoms with van der Waals surface area (Å²) >= 11 is 5.70. The molecule has 0 saturated heterocycles. The SMILES string of the molecule is COC(=O)C1=C(C(F)F)NC(C)=C(C(=O)OC(C)C)C1c1c(F)ccc(Cl)c1C(F)(F)F. The first kappa shape index (κ1) is 25.6. The molecule has 0 saturated carbocycles. The second-order valence-electron chi connectivity index (χ2n) is 6.99. The summed E-state index contributed by atoms with van der Waals surface area (Å²) in [7, 11) is 0.797. The van der Waals surface area contributed by atoms with Crippen LogP contribution in [-0.2, 0) is 25.2 Å². The van der Waals surface area contributed by atoms with E-state index in [4.69, 9.17) is 16.3 Å². The van der Waals surface area contributed by atoms with Crippen molar-refractivity contribution in [1.29, 1.82) is 0 Å². The van der Waals surface area contributed by atoms with Crippen LogP contribution in [0, 0.1) is 5.82 Å². The zero-order valence-corrected chi connectivity index (χ0v) is 17.9. The molecular weight excluding hydrogens is 468 g/mol. The van der Waals surface area contributed by atoms with Crippen LogP contribution in [0.2, 0.25) is 5.02 Å². The Balaban J connectivity index is 3.03. The summed E-state index contributed by atoms with van der Waals surface area (Å²) in [6, 6.07) is 1.20. The molecule has 1 heterocycles. The molecule has 5 nitrogen and oxygen atoms in total. The van der Waals surface area contributed by atoms with E-state index in [0.717, 1.165) is 14.0 Å². The van der Waals surface area contributed by atoms with Crippen LogP contribution in [-0.4, -0.2) is 31.6 Å². The Labute approximate surface area is 184 Å².